The molecule has 3 rings (SSSR count). The maximum atomic E-state index is 11.8. The van der Waals surface area contributed by atoms with E-state index in [1.165, 1.54) is 11.8 Å². The van der Waals surface area contributed by atoms with Gasteiger partial charge >= 0.3 is 0 Å². The molecule has 0 bridgehead atoms. The molecule has 0 saturated heterocycles. The van der Waals surface area contributed by atoms with E-state index in [4.69, 9.17) is 10.5 Å². The quantitative estimate of drug-likeness (QED) is 0.783. The van der Waals surface area contributed by atoms with E-state index in [1.807, 2.05) is 25.1 Å². The highest BCUT2D eigenvalue weighted by Gasteiger charge is 2.28. The number of aromatic amines is 1. The maximum Gasteiger partial charge on any atom is 0.255 e. The van der Waals surface area contributed by atoms with E-state index in [1.54, 1.807) is 6.07 Å². The Kier molecular flexibility index (Phi) is 4.24. The molecule has 1 atom stereocenters. The van der Waals surface area contributed by atoms with Gasteiger partial charge in [0.1, 0.15) is 5.75 Å². The normalized spacial score (nSPS) is 17.1. The van der Waals surface area contributed by atoms with Crippen LogP contribution in [0.2, 0.25) is 0 Å². The first-order chi connectivity index (χ1) is 11.0. The lowest BCUT2D eigenvalue weighted by molar-refractivity contribution is -0.120. The Bertz CT molecular complexity index is 759. The Hall–Kier alpha value is -2.48. The zero-order chi connectivity index (χ0) is 16.4. The Labute approximate surface area is 137 Å². The van der Waals surface area contributed by atoms with E-state index in [2.05, 4.69) is 15.5 Å². The number of amides is 2. The van der Waals surface area contributed by atoms with Gasteiger partial charge in [-0.15, -0.1) is 11.8 Å². The summed E-state index contributed by atoms with van der Waals surface area (Å²) in [7, 11) is 0. The number of primary amides is 1. The summed E-state index contributed by atoms with van der Waals surface area (Å²) in [5.41, 5.74) is 7.93. The van der Waals surface area contributed by atoms with Crippen LogP contribution in [-0.4, -0.2) is 34.4 Å². The maximum absolute atomic E-state index is 11.8. The minimum absolute atomic E-state index is 0.0557. The van der Waals surface area contributed by atoms with E-state index >= 15 is 0 Å². The molecule has 0 spiro atoms. The second-order valence-corrected chi connectivity index (χ2v) is 6.27. The number of nitrogens with two attached hydrogens (primary N) is 1. The summed E-state index contributed by atoms with van der Waals surface area (Å²) in [5, 5.41) is 9.82. The minimum atomic E-state index is -0.526. The van der Waals surface area contributed by atoms with Crippen LogP contribution in [0.5, 0.6) is 5.75 Å². The number of nitrogens with one attached hydrogen (secondary N) is 2. The van der Waals surface area contributed by atoms with Crippen LogP contribution >= 0.6 is 11.8 Å². The molecule has 1 aliphatic heterocycles. The first-order valence-electron chi connectivity index (χ1n) is 7.02. The third kappa shape index (κ3) is 3.31. The molecule has 8 heteroatoms. The van der Waals surface area contributed by atoms with Gasteiger partial charge in [-0.2, -0.15) is 5.10 Å². The van der Waals surface area contributed by atoms with Crippen molar-refractivity contribution in [3.05, 3.63) is 41.1 Å². The predicted molar refractivity (Wildman–Crippen MR) is 87.4 cm³/mol. The number of ether oxygens (including phenoxy) is 1. The van der Waals surface area contributed by atoms with Gasteiger partial charge in [-0.05, 0) is 24.6 Å². The van der Waals surface area contributed by atoms with E-state index in [0.717, 1.165) is 16.8 Å². The van der Waals surface area contributed by atoms with Crippen molar-refractivity contribution in [2.24, 2.45) is 5.73 Å². The van der Waals surface area contributed by atoms with Crippen molar-refractivity contribution >= 4 is 29.4 Å². The molecule has 1 aromatic heterocycles. The average molecular weight is 332 g/mol. The van der Waals surface area contributed by atoms with Crippen LogP contribution in [0.4, 0.5) is 5.82 Å². The van der Waals surface area contributed by atoms with Crippen LogP contribution in [0, 0.1) is 6.92 Å². The molecule has 120 valence electrons. The first kappa shape index (κ1) is 15.4. The number of thioether (sulfide) groups is 1. The van der Waals surface area contributed by atoms with Gasteiger partial charge < -0.3 is 15.8 Å². The zero-order valence-electron chi connectivity index (χ0n) is 12.5. The topological polar surface area (TPSA) is 110 Å². The zero-order valence-corrected chi connectivity index (χ0v) is 13.3. The molecule has 2 aromatic rings. The molecule has 0 fully saturated rings. The highest BCUT2D eigenvalue weighted by molar-refractivity contribution is 8.00. The van der Waals surface area contributed by atoms with Gasteiger partial charge in [0.15, 0.2) is 12.4 Å². The summed E-state index contributed by atoms with van der Waals surface area (Å²) in [5.74, 6) is 0.861. The van der Waals surface area contributed by atoms with Crippen LogP contribution < -0.4 is 15.8 Å². The number of benzene rings is 1. The van der Waals surface area contributed by atoms with Crippen molar-refractivity contribution in [1.82, 2.24) is 10.2 Å². The largest absolute Gasteiger partial charge is 0.484 e. The summed E-state index contributed by atoms with van der Waals surface area (Å²) in [6.07, 6.45) is 0. The second kappa shape index (κ2) is 6.33. The number of carbonyl (C=O) groups is 2. The summed E-state index contributed by atoms with van der Waals surface area (Å²) in [6.45, 7) is 1.75. The van der Waals surface area contributed by atoms with Gasteiger partial charge in [-0.1, -0.05) is 12.1 Å². The third-order valence-corrected chi connectivity index (χ3v) is 4.71. The van der Waals surface area contributed by atoms with Crippen molar-refractivity contribution in [3.63, 3.8) is 0 Å². The monoisotopic (exact) mass is 332 g/mol. The van der Waals surface area contributed by atoms with E-state index in [9.17, 15) is 9.59 Å². The van der Waals surface area contributed by atoms with Crippen molar-refractivity contribution in [3.8, 4) is 5.75 Å². The second-order valence-electron chi connectivity index (χ2n) is 5.18. The van der Waals surface area contributed by atoms with Gasteiger partial charge in [0, 0.05) is 11.3 Å². The minimum Gasteiger partial charge on any atom is -0.484 e. The molecule has 0 aliphatic carbocycles. The molecule has 4 N–H and O–H groups in total. The van der Waals surface area contributed by atoms with Crippen LogP contribution in [0.25, 0.3) is 0 Å². The third-order valence-electron chi connectivity index (χ3n) is 3.44. The number of aryl methyl sites for hydroxylation is 1. The molecular formula is C15H16N4O3S. The van der Waals surface area contributed by atoms with Crippen molar-refractivity contribution in [2.45, 2.75) is 12.2 Å². The molecule has 1 aliphatic rings. The SMILES string of the molecule is Cc1[nH]nc2c1[C@@H](c1cccc(OCC(N)=O)c1)SCC(=O)N2. The summed E-state index contributed by atoms with van der Waals surface area (Å²) >= 11 is 1.52. The van der Waals surface area contributed by atoms with Gasteiger partial charge in [0.25, 0.3) is 5.91 Å². The summed E-state index contributed by atoms with van der Waals surface area (Å²) < 4.78 is 5.36. The van der Waals surface area contributed by atoms with E-state index < -0.39 is 5.91 Å². The van der Waals surface area contributed by atoms with Crippen LogP contribution in [0.15, 0.2) is 24.3 Å². The number of carbonyl (C=O) groups excluding carboxylic acids is 2. The van der Waals surface area contributed by atoms with Crippen molar-refractivity contribution in [1.29, 1.82) is 0 Å². The molecule has 0 unspecified atom stereocenters. The fourth-order valence-electron chi connectivity index (χ4n) is 2.45. The van der Waals surface area contributed by atoms with Gasteiger partial charge in [-0.25, -0.2) is 0 Å². The molecule has 0 radical (unpaired) electrons. The number of fused-ring (bicyclic) bond motifs is 1. The molecular weight excluding hydrogens is 316 g/mol. The lowest BCUT2D eigenvalue weighted by Crippen LogP contribution is -2.20. The Morgan fingerprint density at radius 3 is 3.13 bits per heavy atom. The highest BCUT2D eigenvalue weighted by atomic mass is 32.2. The number of aromatic nitrogens is 2. The molecule has 1 aromatic carbocycles. The predicted octanol–water partition coefficient (Wildman–Crippen LogP) is 1.36. The smallest absolute Gasteiger partial charge is 0.255 e. The summed E-state index contributed by atoms with van der Waals surface area (Å²) in [4.78, 5) is 22.7. The Morgan fingerprint density at radius 1 is 1.52 bits per heavy atom. The van der Waals surface area contributed by atoms with Gasteiger partial charge in [0.05, 0.1) is 11.0 Å². The van der Waals surface area contributed by atoms with Crippen molar-refractivity contribution < 1.29 is 14.3 Å². The lowest BCUT2D eigenvalue weighted by atomic mass is 10.0. The van der Waals surface area contributed by atoms with E-state index in [-0.39, 0.29) is 17.8 Å². The summed E-state index contributed by atoms with van der Waals surface area (Å²) in [6, 6.07) is 7.43. The van der Waals surface area contributed by atoms with Crippen LogP contribution in [0.1, 0.15) is 22.1 Å². The molecule has 2 heterocycles. The molecule has 23 heavy (non-hydrogen) atoms. The fraction of sp³-hybridized carbons (Fsp3) is 0.267. The molecule has 2 amide bonds. The highest BCUT2D eigenvalue weighted by Crippen LogP contribution is 2.42. The Morgan fingerprint density at radius 2 is 2.35 bits per heavy atom. The van der Waals surface area contributed by atoms with Crippen molar-refractivity contribution in [2.75, 3.05) is 17.7 Å². The van der Waals surface area contributed by atoms with Crippen LogP contribution in [0.3, 0.4) is 0 Å². The first-order valence-corrected chi connectivity index (χ1v) is 8.07. The molecule has 7 nitrogen and oxygen atoms in total. The average Bonchev–Trinajstić information content (AvgIpc) is 2.78. The van der Waals surface area contributed by atoms with E-state index in [0.29, 0.717) is 17.3 Å². The fourth-order valence-corrected chi connectivity index (χ4v) is 3.63. The lowest BCUT2D eigenvalue weighted by Gasteiger charge is -2.16. The number of nitrogens with zero attached hydrogens (tertiary/aromatic N) is 1. The standard InChI is InChI=1S/C15H16N4O3S/c1-8-13-14(23-7-12(21)17-15(13)19-18-8)9-3-2-4-10(5-9)22-6-11(16)20/h2-5,14H,6-7H2,1H3,(H2,16,20)(H2,17,18,19,21)/t14-/m1/s1. The van der Waals surface area contributed by atoms with Crippen LogP contribution in [-0.2, 0) is 9.59 Å². The number of hydrogen-bond acceptors (Lipinski definition) is 5. The Balaban J connectivity index is 1.94. The molecule has 0 saturated carbocycles. The number of H-pyrrole nitrogens is 1. The number of hydrogen-bond donors (Lipinski definition) is 3. The number of anilines is 1. The number of rotatable bonds is 4. The van der Waals surface area contributed by atoms with Gasteiger partial charge in [-0.3, -0.25) is 14.7 Å². The van der Waals surface area contributed by atoms with Gasteiger partial charge in [0.2, 0.25) is 5.91 Å².